The Kier molecular flexibility index (Phi) is 3.58. The summed E-state index contributed by atoms with van der Waals surface area (Å²) < 4.78 is 0. The Balaban J connectivity index is 2.00. The molecule has 110 valence electrons. The normalized spacial score (nSPS) is 17.9. The fraction of sp³-hybridized carbons (Fsp3) is 0.389. The Bertz CT molecular complexity index is 711. The molecule has 0 radical (unpaired) electrons. The SMILES string of the molecule is CCCC1C=CCN1C(=O)c1cccc2c(C)c(C)[nH]c12. The van der Waals surface area contributed by atoms with Gasteiger partial charge in [-0.2, -0.15) is 0 Å². The molecule has 3 nitrogen and oxygen atoms in total. The molecule has 0 saturated carbocycles. The van der Waals surface area contributed by atoms with Crippen molar-refractivity contribution < 1.29 is 4.79 Å². The van der Waals surface area contributed by atoms with Crippen molar-refractivity contribution in [2.75, 3.05) is 6.54 Å². The van der Waals surface area contributed by atoms with Crippen molar-refractivity contribution in [3.05, 3.63) is 47.2 Å². The van der Waals surface area contributed by atoms with Crippen molar-refractivity contribution in [2.24, 2.45) is 0 Å². The monoisotopic (exact) mass is 282 g/mol. The summed E-state index contributed by atoms with van der Waals surface area (Å²) in [5.41, 5.74) is 4.12. The highest BCUT2D eigenvalue weighted by atomic mass is 16.2. The number of carbonyl (C=O) groups excluding carboxylic acids is 1. The van der Waals surface area contributed by atoms with Crippen molar-refractivity contribution in [3.8, 4) is 0 Å². The summed E-state index contributed by atoms with van der Waals surface area (Å²) in [5.74, 6) is 0.130. The number of carbonyl (C=O) groups is 1. The number of para-hydroxylation sites is 1. The van der Waals surface area contributed by atoms with Crippen LogP contribution in [0.15, 0.2) is 30.4 Å². The summed E-state index contributed by atoms with van der Waals surface area (Å²) in [4.78, 5) is 18.3. The number of fused-ring (bicyclic) bond motifs is 1. The van der Waals surface area contributed by atoms with Gasteiger partial charge in [-0.25, -0.2) is 0 Å². The van der Waals surface area contributed by atoms with Gasteiger partial charge in [0, 0.05) is 17.6 Å². The Morgan fingerprint density at radius 3 is 2.95 bits per heavy atom. The van der Waals surface area contributed by atoms with Gasteiger partial charge in [-0.1, -0.05) is 37.6 Å². The fourth-order valence-corrected chi connectivity index (χ4v) is 3.17. The van der Waals surface area contributed by atoms with Gasteiger partial charge in [0.25, 0.3) is 5.91 Å². The van der Waals surface area contributed by atoms with E-state index < -0.39 is 0 Å². The molecule has 1 amide bonds. The largest absolute Gasteiger partial charge is 0.358 e. The van der Waals surface area contributed by atoms with Crippen LogP contribution in [0.3, 0.4) is 0 Å². The van der Waals surface area contributed by atoms with Gasteiger partial charge >= 0.3 is 0 Å². The zero-order valence-electron chi connectivity index (χ0n) is 12.9. The van der Waals surface area contributed by atoms with Crippen LogP contribution in [-0.2, 0) is 0 Å². The number of benzene rings is 1. The molecule has 1 aromatic carbocycles. The van der Waals surface area contributed by atoms with E-state index in [1.54, 1.807) is 0 Å². The highest BCUT2D eigenvalue weighted by molar-refractivity contribution is 6.07. The van der Waals surface area contributed by atoms with Crippen molar-refractivity contribution >= 4 is 16.8 Å². The second-order valence-electron chi connectivity index (χ2n) is 5.84. The lowest BCUT2D eigenvalue weighted by molar-refractivity contribution is 0.0746. The first kappa shape index (κ1) is 13.9. The molecular formula is C18H22N2O. The third kappa shape index (κ3) is 2.27. The molecule has 1 aliphatic heterocycles. The number of aromatic amines is 1. The van der Waals surface area contributed by atoms with E-state index in [0.717, 1.165) is 41.5 Å². The molecule has 1 aliphatic rings. The van der Waals surface area contributed by atoms with Gasteiger partial charge in [-0.3, -0.25) is 4.79 Å². The minimum Gasteiger partial charge on any atom is -0.358 e. The molecule has 1 N–H and O–H groups in total. The fourth-order valence-electron chi connectivity index (χ4n) is 3.17. The minimum atomic E-state index is 0.130. The summed E-state index contributed by atoms with van der Waals surface area (Å²) in [7, 11) is 0. The van der Waals surface area contributed by atoms with E-state index in [1.165, 1.54) is 5.56 Å². The summed E-state index contributed by atoms with van der Waals surface area (Å²) in [5, 5.41) is 1.15. The van der Waals surface area contributed by atoms with Crippen molar-refractivity contribution in [2.45, 2.75) is 39.7 Å². The van der Waals surface area contributed by atoms with Gasteiger partial charge in [0.05, 0.1) is 17.1 Å². The maximum Gasteiger partial charge on any atom is 0.256 e. The van der Waals surface area contributed by atoms with Crippen LogP contribution in [0.5, 0.6) is 0 Å². The van der Waals surface area contributed by atoms with Crippen LogP contribution >= 0.6 is 0 Å². The molecule has 0 saturated heterocycles. The zero-order valence-corrected chi connectivity index (χ0v) is 12.9. The van der Waals surface area contributed by atoms with Crippen LogP contribution in [0.4, 0.5) is 0 Å². The van der Waals surface area contributed by atoms with Crippen LogP contribution < -0.4 is 0 Å². The van der Waals surface area contributed by atoms with Crippen molar-refractivity contribution in [3.63, 3.8) is 0 Å². The van der Waals surface area contributed by atoms with Crippen LogP contribution in [0.1, 0.15) is 41.4 Å². The molecule has 1 atom stereocenters. The summed E-state index contributed by atoms with van der Waals surface area (Å²) in [6.07, 6.45) is 6.38. The average Bonchev–Trinajstić information content (AvgIpc) is 3.05. The van der Waals surface area contributed by atoms with Crippen molar-refractivity contribution in [1.82, 2.24) is 9.88 Å². The predicted molar refractivity (Wildman–Crippen MR) is 86.6 cm³/mol. The average molecular weight is 282 g/mol. The molecule has 21 heavy (non-hydrogen) atoms. The van der Waals surface area contributed by atoms with Crippen molar-refractivity contribution in [1.29, 1.82) is 0 Å². The lowest BCUT2D eigenvalue weighted by Crippen LogP contribution is -2.36. The molecule has 0 bridgehead atoms. The van der Waals surface area contributed by atoms with Crippen LogP contribution in [0, 0.1) is 13.8 Å². The van der Waals surface area contributed by atoms with E-state index in [-0.39, 0.29) is 11.9 Å². The number of aromatic nitrogens is 1. The summed E-state index contributed by atoms with van der Waals surface area (Å²) in [6.45, 7) is 7.03. The third-order valence-electron chi connectivity index (χ3n) is 4.48. The number of amides is 1. The first-order valence-corrected chi connectivity index (χ1v) is 7.69. The molecule has 1 unspecified atom stereocenters. The number of nitrogens with zero attached hydrogens (tertiary/aromatic N) is 1. The molecule has 2 aromatic rings. The first-order valence-electron chi connectivity index (χ1n) is 7.69. The first-order chi connectivity index (χ1) is 10.1. The van der Waals surface area contributed by atoms with E-state index in [0.29, 0.717) is 0 Å². The Hall–Kier alpha value is -2.03. The summed E-state index contributed by atoms with van der Waals surface area (Å²) in [6, 6.07) is 6.24. The molecule has 2 heterocycles. The van der Waals surface area contributed by atoms with Gasteiger partial charge < -0.3 is 9.88 Å². The minimum absolute atomic E-state index is 0.130. The Labute approximate surface area is 125 Å². The Morgan fingerprint density at radius 1 is 1.38 bits per heavy atom. The van der Waals surface area contributed by atoms with E-state index in [1.807, 2.05) is 17.0 Å². The zero-order chi connectivity index (χ0) is 15.0. The second kappa shape index (κ2) is 5.40. The molecule has 0 fully saturated rings. The van der Waals surface area contributed by atoms with Crippen LogP contribution in [0.2, 0.25) is 0 Å². The lowest BCUT2D eigenvalue weighted by Gasteiger charge is -2.24. The number of aryl methyl sites for hydroxylation is 2. The van der Waals surface area contributed by atoms with Gasteiger partial charge in [0.15, 0.2) is 0 Å². The smallest absolute Gasteiger partial charge is 0.256 e. The number of hydrogen-bond acceptors (Lipinski definition) is 1. The predicted octanol–water partition coefficient (Wildman–Crippen LogP) is 3.97. The molecule has 3 rings (SSSR count). The molecular weight excluding hydrogens is 260 g/mol. The number of H-pyrrole nitrogens is 1. The van der Waals surface area contributed by atoms with Crippen LogP contribution in [-0.4, -0.2) is 28.4 Å². The molecule has 1 aromatic heterocycles. The van der Waals surface area contributed by atoms with Gasteiger partial charge in [0.1, 0.15) is 0 Å². The second-order valence-corrected chi connectivity index (χ2v) is 5.84. The number of rotatable bonds is 3. The van der Waals surface area contributed by atoms with E-state index in [4.69, 9.17) is 0 Å². The molecule has 3 heteroatoms. The Morgan fingerprint density at radius 2 is 2.19 bits per heavy atom. The topological polar surface area (TPSA) is 36.1 Å². The molecule has 0 aliphatic carbocycles. The third-order valence-corrected chi connectivity index (χ3v) is 4.48. The van der Waals surface area contributed by atoms with Crippen LogP contribution in [0.25, 0.3) is 10.9 Å². The highest BCUT2D eigenvalue weighted by Gasteiger charge is 2.26. The number of hydrogen-bond donors (Lipinski definition) is 1. The highest BCUT2D eigenvalue weighted by Crippen LogP contribution is 2.27. The van der Waals surface area contributed by atoms with Gasteiger partial charge in [0.2, 0.25) is 0 Å². The van der Waals surface area contributed by atoms with E-state index in [2.05, 4.69) is 44.0 Å². The molecule has 0 spiro atoms. The maximum atomic E-state index is 12.9. The van der Waals surface area contributed by atoms with Gasteiger partial charge in [-0.05, 0) is 31.9 Å². The van der Waals surface area contributed by atoms with Gasteiger partial charge in [-0.15, -0.1) is 0 Å². The van der Waals surface area contributed by atoms with E-state index in [9.17, 15) is 4.79 Å². The number of nitrogens with one attached hydrogen (secondary N) is 1. The quantitative estimate of drug-likeness (QED) is 0.850. The standard InChI is InChI=1S/C18H22N2O/c1-4-7-14-8-6-11-20(14)18(21)16-10-5-9-15-12(2)13(3)19-17(15)16/h5-6,8-10,14,19H,4,7,11H2,1-3H3. The van der Waals surface area contributed by atoms with E-state index >= 15 is 0 Å². The lowest BCUT2D eigenvalue weighted by atomic mass is 10.1. The maximum absolute atomic E-state index is 12.9. The summed E-state index contributed by atoms with van der Waals surface area (Å²) >= 11 is 0.